The highest BCUT2D eigenvalue weighted by atomic mass is 32.2. The first-order valence-electron chi connectivity index (χ1n) is 9.63. The number of aromatic nitrogens is 2. The van der Waals surface area contributed by atoms with Gasteiger partial charge < -0.3 is 5.32 Å². The molecule has 4 N–H and O–H groups in total. The van der Waals surface area contributed by atoms with Crippen molar-refractivity contribution in [1.29, 1.82) is 0 Å². The quantitative estimate of drug-likeness (QED) is 0.543. The molecule has 0 spiro atoms. The number of aromatic amines is 1. The van der Waals surface area contributed by atoms with Crippen LogP contribution in [0.4, 0.5) is 11.5 Å². The number of anilines is 2. The zero-order valence-corrected chi connectivity index (χ0v) is 16.6. The highest BCUT2D eigenvalue weighted by Gasteiger charge is 2.32. The number of benzene rings is 1. The maximum absolute atomic E-state index is 4.53. The first kappa shape index (κ1) is 17.4. The van der Waals surface area contributed by atoms with Crippen LogP contribution in [-0.4, -0.2) is 33.4 Å². The predicted octanol–water partition coefficient (Wildman–Crippen LogP) is 2.54. The van der Waals surface area contributed by atoms with Crippen LogP contribution in [0.3, 0.4) is 0 Å². The summed E-state index contributed by atoms with van der Waals surface area (Å²) in [5.41, 5.74) is 2.23. The summed E-state index contributed by atoms with van der Waals surface area (Å²) < 4.78 is 2.21. The Kier molecular flexibility index (Phi) is 4.58. The molecule has 1 fully saturated rings. The lowest BCUT2D eigenvalue weighted by Crippen LogP contribution is -3.10. The van der Waals surface area contributed by atoms with E-state index in [9.17, 15) is 0 Å². The lowest BCUT2D eigenvalue weighted by molar-refractivity contribution is -0.699. The van der Waals surface area contributed by atoms with Crippen molar-refractivity contribution < 1.29 is 4.90 Å². The molecular formula is C20H24N7S+. The maximum Gasteiger partial charge on any atom is 0.233 e. The highest BCUT2D eigenvalue weighted by molar-refractivity contribution is 7.97. The second-order valence-electron chi connectivity index (χ2n) is 7.42. The Balaban J connectivity index is 1.28. The van der Waals surface area contributed by atoms with Crippen molar-refractivity contribution >= 4 is 29.3 Å². The van der Waals surface area contributed by atoms with E-state index in [0.717, 1.165) is 47.1 Å². The van der Waals surface area contributed by atoms with E-state index in [1.54, 1.807) is 11.9 Å². The van der Waals surface area contributed by atoms with Crippen LogP contribution in [0.5, 0.6) is 0 Å². The first-order chi connectivity index (χ1) is 13.7. The van der Waals surface area contributed by atoms with E-state index in [2.05, 4.69) is 66.8 Å². The number of hydrogen-bond acceptors (Lipinski definition) is 6. The van der Waals surface area contributed by atoms with Crippen LogP contribution in [0.25, 0.3) is 0 Å². The number of aryl methyl sites for hydroxylation is 1. The average Bonchev–Trinajstić information content (AvgIpc) is 3.25. The van der Waals surface area contributed by atoms with Crippen LogP contribution in [0.1, 0.15) is 18.5 Å². The monoisotopic (exact) mass is 394 g/mol. The Labute approximate surface area is 168 Å². The van der Waals surface area contributed by atoms with Crippen molar-refractivity contribution in [2.45, 2.75) is 24.7 Å². The van der Waals surface area contributed by atoms with Crippen LogP contribution in [0, 0.1) is 12.8 Å². The molecule has 1 aliphatic carbocycles. The summed E-state index contributed by atoms with van der Waals surface area (Å²) in [5, 5.41) is 14.2. The van der Waals surface area contributed by atoms with Gasteiger partial charge in [-0.15, -0.1) is 0 Å². The molecule has 144 valence electrons. The van der Waals surface area contributed by atoms with Crippen LogP contribution in [0.2, 0.25) is 0 Å². The summed E-state index contributed by atoms with van der Waals surface area (Å²) in [6, 6.07) is 10.7. The number of aliphatic imine (C=N–C) groups is 1. The second kappa shape index (κ2) is 7.37. The molecule has 0 saturated heterocycles. The molecule has 5 rings (SSSR count). The van der Waals surface area contributed by atoms with Crippen molar-refractivity contribution in [1.82, 2.24) is 14.5 Å². The lowest BCUT2D eigenvalue weighted by atomic mass is 10.3. The normalized spacial score (nSPS) is 20.6. The van der Waals surface area contributed by atoms with Gasteiger partial charge in [-0.25, -0.2) is 9.89 Å². The third kappa shape index (κ3) is 3.93. The van der Waals surface area contributed by atoms with Gasteiger partial charge in [0.15, 0.2) is 5.82 Å². The predicted molar refractivity (Wildman–Crippen MR) is 113 cm³/mol. The fourth-order valence-electron chi connectivity index (χ4n) is 3.28. The largest absolute Gasteiger partial charge is 0.385 e. The molecule has 1 unspecified atom stereocenters. The average molecular weight is 395 g/mol. The van der Waals surface area contributed by atoms with Gasteiger partial charge in [-0.1, -0.05) is 0 Å². The zero-order chi connectivity index (χ0) is 18.9. The number of amidine groups is 1. The summed E-state index contributed by atoms with van der Waals surface area (Å²) >= 11 is 1.72. The molecule has 3 aliphatic rings. The number of rotatable bonds is 7. The molecule has 1 atom stereocenters. The van der Waals surface area contributed by atoms with Crippen molar-refractivity contribution in [2.24, 2.45) is 10.9 Å². The fourth-order valence-corrected chi connectivity index (χ4v) is 4.15. The summed E-state index contributed by atoms with van der Waals surface area (Å²) in [6.07, 6.45) is 8.79. The summed E-state index contributed by atoms with van der Waals surface area (Å²) in [7, 11) is 0. The minimum absolute atomic E-state index is 0.777. The zero-order valence-electron chi connectivity index (χ0n) is 15.8. The SMILES string of the molecule is Cc1cc(NC2=CN(Sc3ccc(NCC4CC4)cc3)CC3=NC=C[NH+]23)n[nH]1. The standard InChI is InChI=1S/C20H23N7S/c1-14-10-18(25-24-14)23-20-13-26(12-19-21-8-9-27(19)20)28-17-6-4-16(5-7-17)22-11-15-2-3-15/h4-10,13,15,22H,2-3,11-12H2,1H3,(H2,23,24,25)/p+1. The van der Waals surface area contributed by atoms with Crippen LogP contribution < -0.4 is 15.5 Å². The second-order valence-corrected chi connectivity index (χ2v) is 8.55. The topological polar surface area (TPSA) is 72.8 Å². The molecule has 2 aliphatic heterocycles. The van der Waals surface area contributed by atoms with E-state index < -0.39 is 0 Å². The van der Waals surface area contributed by atoms with Crippen LogP contribution in [-0.2, 0) is 0 Å². The Hall–Kier alpha value is -2.71. The Morgan fingerprint density at radius 2 is 2.14 bits per heavy atom. The molecule has 7 nitrogen and oxygen atoms in total. The van der Waals surface area contributed by atoms with E-state index in [1.165, 1.54) is 23.4 Å². The first-order valence-corrected chi connectivity index (χ1v) is 10.4. The number of quaternary nitrogens is 1. The molecule has 3 heterocycles. The highest BCUT2D eigenvalue weighted by Crippen LogP contribution is 2.30. The van der Waals surface area contributed by atoms with E-state index in [0.29, 0.717) is 0 Å². The summed E-state index contributed by atoms with van der Waals surface area (Å²) in [5.74, 6) is 3.78. The van der Waals surface area contributed by atoms with Gasteiger partial charge in [0.1, 0.15) is 12.7 Å². The molecule has 0 amide bonds. The number of nitrogens with zero attached hydrogens (tertiary/aromatic N) is 3. The van der Waals surface area contributed by atoms with Crippen molar-refractivity contribution in [2.75, 3.05) is 23.7 Å². The van der Waals surface area contributed by atoms with Crippen molar-refractivity contribution in [3.05, 3.63) is 60.4 Å². The van der Waals surface area contributed by atoms with E-state index in [-0.39, 0.29) is 0 Å². The van der Waals surface area contributed by atoms with E-state index in [1.807, 2.05) is 19.2 Å². The molecule has 1 aromatic heterocycles. The van der Waals surface area contributed by atoms with Gasteiger partial charge >= 0.3 is 0 Å². The Bertz CT molecular complexity index is 940. The van der Waals surface area contributed by atoms with E-state index >= 15 is 0 Å². The number of fused-ring (bicyclic) bond motifs is 1. The van der Waals surface area contributed by atoms with Gasteiger partial charge in [-0.3, -0.25) is 14.7 Å². The Morgan fingerprint density at radius 1 is 1.29 bits per heavy atom. The van der Waals surface area contributed by atoms with Gasteiger partial charge in [-0.05, 0) is 61.9 Å². The number of H-pyrrole nitrogens is 1. The smallest absolute Gasteiger partial charge is 0.233 e. The fraction of sp³-hybridized carbons (Fsp3) is 0.300. The molecular weight excluding hydrogens is 370 g/mol. The lowest BCUT2D eigenvalue weighted by Gasteiger charge is -2.27. The van der Waals surface area contributed by atoms with Crippen LogP contribution >= 0.6 is 11.9 Å². The number of hydrogen-bond donors (Lipinski definition) is 4. The minimum Gasteiger partial charge on any atom is -0.385 e. The molecule has 2 aromatic rings. The summed E-state index contributed by atoms with van der Waals surface area (Å²) in [6.45, 7) is 3.86. The molecule has 28 heavy (non-hydrogen) atoms. The van der Waals surface area contributed by atoms with Crippen molar-refractivity contribution in [3.8, 4) is 0 Å². The molecule has 1 saturated carbocycles. The third-order valence-corrected chi connectivity index (χ3v) is 5.94. The minimum atomic E-state index is 0.777. The van der Waals surface area contributed by atoms with Gasteiger partial charge in [-0.2, -0.15) is 5.10 Å². The van der Waals surface area contributed by atoms with Crippen LogP contribution in [0.15, 0.2) is 64.6 Å². The van der Waals surface area contributed by atoms with Gasteiger partial charge in [0.2, 0.25) is 11.7 Å². The maximum atomic E-state index is 4.53. The van der Waals surface area contributed by atoms with Gasteiger partial charge in [0, 0.05) is 28.9 Å². The van der Waals surface area contributed by atoms with Crippen molar-refractivity contribution in [3.63, 3.8) is 0 Å². The van der Waals surface area contributed by atoms with Gasteiger partial charge in [0.05, 0.1) is 12.4 Å². The Morgan fingerprint density at radius 3 is 2.89 bits per heavy atom. The van der Waals surface area contributed by atoms with E-state index in [4.69, 9.17) is 0 Å². The van der Waals surface area contributed by atoms with Gasteiger partial charge in [0.25, 0.3) is 0 Å². The molecule has 8 heteroatoms. The molecule has 1 aromatic carbocycles. The molecule has 0 bridgehead atoms. The summed E-state index contributed by atoms with van der Waals surface area (Å²) in [4.78, 5) is 6.88. The number of nitrogens with one attached hydrogen (secondary N) is 4. The third-order valence-electron chi connectivity index (χ3n) is 4.99. The molecule has 0 radical (unpaired) electrons.